The van der Waals surface area contributed by atoms with Crippen molar-refractivity contribution in [3.63, 3.8) is 0 Å². The van der Waals surface area contributed by atoms with Gasteiger partial charge in [0.15, 0.2) is 0 Å². The first-order valence-corrected chi connectivity index (χ1v) is 5.38. The van der Waals surface area contributed by atoms with E-state index < -0.39 is 12.0 Å². The topological polar surface area (TPSA) is 63.3 Å². The van der Waals surface area contributed by atoms with Gasteiger partial charge in [0.05, 0.1) is 5.02 Å². The van der Waals surface area contributed by atoms with Crippen LogP contribution >= 0.6 is 34.2 Å². The molecule has 76 valence electrons. The lowest BCUT2D eigenvalue weighted by Crippen LogP contribution is -2.32. The summed E-state index contributed by atoms with van der Waals surface area (Å²) in [6.07, 6.45) is 0.322. The molecule has 0 saturated carbocycles. The molecule has 0 fully saturated rings. The van der Waals surface area contributed by atoms with Gasteiger partial charge in [0.2, 0.25) is 0 Å². The third-order valence-electron chi connectivity index (χ3n) is 1.76. The van der Waals surface area contributed by atoms with Crippen molar-refractivity contribution in [3.05, 3.63) is 32.4 Å². The molecule has 0 amide bonds. The van der Waals surface area contributed by atoms with Crippen LogP contribution < -0.4 is 5.73 Å². The molecule has 1 rings (SSSR count). The van der Waals surface area contributed by atoms with Gasteiger partial charge in [-0.25, -0.2) is 0 Å². The molecule has 0 aromatic heterocycles. The third-order valence-corrected chi connectivity index (χ3v) is 3.30. The van der Waals surface area contributed by atoms with Crippen molar-refractivity contribution in [1.82, 2.24) is 0 Å². The lowest BCUT2D eigenvalue weighted by Gasteiger charge is -2.07. The van der Waals surface area contributed by atoms with Gasteiger partial charge in [-0.3, -0.25) is 4.79 Å². The Morgan fingerprint density at radius 3 is 2.79 bits per heavy atom. The van der Waals surface area contributed by atoms with Crippen LogP contribution in [0.2, 0.25) is 5.02 Å². The van der Waals surface area contributed by atoms with Crippen molar-refractivity contribution in [2.75, 3.05) is 0 Å². The lowest BCUT2D eigenvalue weighted by molar-refractivity contribution is -0.138. The number of hydrogen-bond acceptors (Lipinski definition) is 2. The fourth-order valence-electron chi connectivity index (χ4n) is 1.01. The minimum Gasteiger partial charge on any atom is -0.480 e. The highest BCUT2D eigenvalue weighted by Gasteiger charge is 2.12. The van der Waals surface area contributed by atoms with Gasteiger partial charge < -0.3 is 10.8 Å². The molecule has 1 aromatic carbocycles. The van der Waals surface area contributed by atoms with Crippen LogP contribution in [0, 0.1) is 3.57 Å². The molecule has 1 aromatic rings. The number of carboxylic acids is 1. The summed E-state index contributed by atoms with van der Waals surface area (Å²) < 4.78 is 0.902. The first-order chi connectivity index (χ1) is 6.50. The Morgan fingerprint density at radius 1 is 1.64 bits per heavy atom. The molecule has 0 spiro atoms. The van der Waals surface area contributed by atoms with Crippen LogP contribution in [0.4, 0.5) is 0 Å². The summed E-state index contributed by atoms with van der Waals surface area (Å²) in [7, 11) is 0. The largest absolute Gasteiger partial charge is 0.480 e. The van der Waals surface area contributed by atoms with Gasteiger partial charge in [0.25, 0.3) is 0 Å². The molecule has 3 N–H and O–H groups in total. The van der Waals surface area contributed by atoms with Crippen LogP contribution in [0.5, 0.6) is 0 Å². The Morgan fingerprint density at radius 2 is 2.29 bits per heavy atom. The van der Waals surface area contributed by atoms with Gasteiger partial charge in [0, 0.05) is 3.57 Å². The van der Waals surface area contributed by atoms with Crippen molar-refractivity contribution in [1.29, 1.82) is 0 Å². The highest BCUT2D eigenvalue weighted by molar-refractivity contribution is 14.1. The van der Waals surface area contributed by atoms with E-state index in [1.165, 1.54) is 0 Å². The number of carboxylic acid groups (broad SMARTS) is 1. The van der Waals surface area contributed by atoms with E-state index in [4.69, 9.17) is 22.4 Å². The van der Waals surface area contributed by atoms with Crippen LogP contribution in [0.3, 0.4) is 0 Å². The van der Waals surface area contributed by atoms with Crippen molar-refractivity contribution in [2.45, 2.75) is 12.5 Å². The summed E-state index contributed by atoms with van der Waals surface area (Å²) >= 11 is 7.92. The minimum absolute atomic E-state index is 0.322. The van der Waals surface area contributed by atoms with E-state index in [0.717, 1.165) is 9.13 Å². The summed E-state index contributed by atoms with van der Waals surface area (Å²) in [5, 5.41) is 9.28. The molecule has 0 saturated heterocycles. The second-order valence-corrected chi connectivity index (χ2v) is 4.47. The SMILES string of the molecule is NC(Cc1ccc(Cl)c(I)c1)C(=O)O. The summed E-state index contributed by atoms with van der Waals surface area (Å²) in [6.45, 7) is 0. The fourth-order valence-corrected chi connectivity index (χ4v) is 1.71. The first-order valence-electron chi connectivity index (χ1n) is 3.93. The highest BCUT2D eigenvalue weighted by atomic mass is 127. The lowest BCUT2D eigenvalue weighted by atomic mass is 10.1. The number of benzene rings is 1. The number of nitrogens with two attached hydrogens (primary N) is 1. The van der Waals surface area contributed by atoms with Crippen molar-refractivity contribution < 1.29 is 9.90 Å². The molecule has 1 unspecified atom stereocenters. The average molecular weight is 326 g/mol. The number of carbonyl (C=O) groups is 1. The Kier molecular flexibility index (Phi) is 4.15. The molecular weight excluding hydrogens is 316 g/mol. The standard InChI is InChI=1S/C9H9ClINO2/c10-6-2-1-5(3-7(6)11)4-8(12)9(13)14/h1-3,8H,4,12H2,(H,13,14). The zero-order valence-corrected chi connectivity index (χ0v) is 10.1. The second kappa shape index (κ2) is 4.95. The summed E-state index contributed by atoms with van der Waals surface area (Å²) in [6, 6.07) is 4.51. The summed E-state index contributed by atoms with van der Waals surface area (Å²) in [5.41, 5.74) is 6.28. The van der Waals surface area contributed by atoms with Crippen LogP contribution in [0.15, 0.2) is 18.2 Å². The molecule has 1 atom stereocenters. The van der Waals surface area contributed by atoms with Gasteiger partial charge >= 0.3 is 5.97 Å². The second-order valence-electron chi connectivity index (χ2n) is 2.90. The minimum atomic E-state index is -0.991. The maximum atomic E-state index is 10.5. The number of hydrogen-bond donors (Lipinski definition) is 2. The molecule has 0 bridgehead atoms. The predicted molar refractivity (Wildman–Crippen MR) is 63.5 cm³/mol. The Balaban J connectivity index is 2.78. The molecule has 0 heterocycles. The van der Waals surface area contributed by atoms with E-state index in [1.807, 2.05) is 6.07 Å². The molecule has 5 heteroatoms. The van der Waals surface area contributed by atoms with Gasteiger partial charge in [-0.05, 0) is 46.7 Å². The first kappa shape index (κ1) is 11.7. The van der Waals surface area contributed by atoms with Crippen molar-refractivity contribution in [3.8, 4) is 0 Å². The maximum absolute atomic E-state index is 10.5. The highest BCUT2D eigenvalue weighted by Crippen LogP contribution is 2.19. The maximum Gasteiger partial charge on any atom is 0.320 e. The van der Waals surface area contributed by atoms with Gasteiger partial charge in [0.1, 0.15) is 6.04 Å². The number of rotatable bonds is 3. The smallest absolute Gasteiger partial charge is 0.320 e. The van der Waals surface area contributed by atoms with E-state index in [-0.39, 0.29) is 0 Å². The monoisotopic (exact) mass is 325 g/mol. The summed E-state index contributed by atoms with van der Waals surface area (Å²) in [5.74, 6) is -0.991. The van der Waals surface area contributed by atoms with Gasteiger partial charge in [-0.1, -0.05) is 17.7 Å². The molecule has 0 aliphatic rings. The zero-order valence-electron chi connectivity index (χ0n) is 7.21. The molecular formula is C9H9ClINO2. The quantitative estimate of drug-likeness (QED) is 0.834. The van der Waals surface area contributed by atoms with E-state index in [0.29, 0.717) is 11.4 Å². The predicted octanol–water partition coefficient (Wildman–Crippen LogP) is 1.90. The molecule has 0 aliphatic heterocycles. The van der Waals surface area contributed by atoms with E-state index in [1.54, 1.807) is 12.1 Å². The van der Waals surface area contributed by atoms with Crippen LogP contribution in [0.1, 0.15) is 5.56 Å². The molecule has 0 radical (unpaired) electrons. The number of halogens is 2. The van der Waals surface area contributed by atoms with Gasteiger partial charge in [-0.2, -0.15) is 0 Å². The van der Waals surface area contributed by atoms with Crippen LogP contribution in [-0.2, 0) is 11.2 Å². The third kappa shape index (κ3) is 3.11. The Bertz CT molecular complexity index is 357. The van der Waals surface area contributed by atoms with Crippen molar-refractivity contribution >= 4 is 40.2 Å². The zero-order chi connectivity index (χ0) is 10.7. The van der Waals surface area contributed by atoms with Crippen molar-refractivity contribution in [2.24, 2.45) is 5.73 Å². The fraction of sp³-hybridized carbons (Fsp3) is 0.222. The van der Waals surface area contributed by atoms with Gasteiger partial charge in [-0.15, -0.1) is 0 Å². The van der Waals surface area contributed by atoms with Crippen LogP contribution in [-0.4, -0.2) is 17.1 Å². The Hall–Kier alpha value is -0.330. The Labute approximate surface area is 100 Å². The number of aliphatic carboxylic acids is 1. The van der Waals surface area contributed by atoms with Crippen LogP contribution in [0.25, 0.3) is 0 Å². The molecule has 14 heavy (non-hydrogen) atoms. The molecule has 0 aliphatic carbocycles. The summed E-state index contributed by atoms with van der Waals surface area (Å²) in [4.78, 5) is 10.5. The van der Waals surface area contributed by atoms with E-state index in [9.17, 15) is 4.79 Å². The van der Waals surface area contributed by atoms with E-state index >= 15 is 0 Å². The molecule has 3 nitrogen and oxygen atoms in total. The normalized spacial score (nSPS) is 12.5. The average Bonchev–Trinajstić information content (AvgIpc) is 2.11. The van der Waals surface area contributed by atoms with E-state index in [2.05, 4.69) is 22.6 Å².